The van der Waals surface area contributed by atoms with Gasteiger partial charge in [0.2, 0.25) is 0 Å². The van der Waals surface area contributed by atoms with Crippen LogP contribution in [-0.2, 0) is 6.61 Å². The summed E-state index contributed by atoms with van der Waals surface area (Å²) < 4.78 is 0. The summed E-state index contributed by atoms with van der Waals surface area (Å²) in [6, 6.07) is 8.31. The quantitative estimate of drug-likeness (QED) is 0.856. The maximum absolute atomic E-state index is 11.9. The van der Waals surface area contributed by atoms with Crippen LogP contribution in [-0.4, -0.2) is 16.0 Å². The number of rotatable bonds is 3. The van der Waals surface area contributed by atoms with Crippen molar-refractivity contribution >= 4 is 34.8 Å². The van der Waals surface area contributed by atoms with Crippen LogP contribution in [0.4, 0.5) is 5.69 Å². The number of carbonyl (C=O) groups excluding carboxylic acids is 1. The van der Waals surface area contributed by atoms with Gasteiger partial charge in [0.25, 0.3) is 5.91 Å². The van der Waals surface area contributed by atoms with E-state index < -0.39 is 0 Å². The average molecular weight is 297 g/mol. The highest BCUT2D eigenvalue weighted by atomic mass is 35.5. The van der Waals surface area contributed by atoms with Crippen molar-refractivity contribution < 1.29 is 9.90 Å². The number of pyridine rings is 1. The average Bonchev–Trinajstić information content (AvgIpc) is 2.42. The van der Waals surface area contributed by atoms with Gasteiger partial charge in [-0.05, 0) is 23.8 Å². The molecule has 1 aromatic carbocycles. The van der Waals surface area contributed by atoms with Crippen molar-refractivity contribution in [2.75, 3.05) is 5.32 Å². The molecule has 98 valence electrons. The molecule has 6 heteroatoms. The van der Waals surface area contributed by atoms with E-state index in [2.05, 4.69) is 10.3 Å². The highest BCUT2D eigenvalue weighted by molar-refractivity contribution is 6.41. The number of hydrogen-bond acceptors (Lipinski definition) is 3. The third-order valence-corrected chi connectivity index (χ3v) is 3.14. The second-order valence-electron chi connectivity index (χ2n) is 3.81. The monoisotopic (exact) mass is 296 g/mol. The van der Waals surface area contributed by atoms with Gasteiger partial charge in [0.05, 0.1) is 17.2 Å². The van der Waals surface area contributed by atoms with Crippen LogP contribution in [0.1, 0.15) is 15.9 Å². The SMILES string of the molecule is O=C(Nc1ccc(CO)cc1)c1cnc(Cl)c(Cl)c1. The zero-order valence-electron chi connectivity index (χ0n) is 9.73. The fourth-order valence-corrected chi connectivity index (χ4v) is 1.71. The summed E-state index contributed by atoms with van der Waals surface area (Å²) in [4.78, 5) is 15.7. The lowest BCUT2D eigenvalue weighted by molar-refractivity contribution is 0.102. The van der Waals surface area contributed by atoms with Gasteiger partial charge in [0.15, 0.2) is 0 Å². The molecule has 2 N–H and O–H groups in total. The van der Waals surface area contributed by atoms with E-state index in [4.69, 9.17) is 28.3 Å². The van der Waals surface area contributed by atoms with Gasteiger partial charge in [0, 0.05) is 11.9 Å². The fourth-order valence-electron chi connectivity index (χ4n) is 1.44. The van der Waals surface area contributed by atoms with Gasteiger partial charge >= 0.3 is 0 Å². The smallest absolute Gasteiger partial charge is 0.257 e. The Morgan fingerprint density at radius 1 is 1.26 bits per heavy atom. The lowest BCUT2D eigenvalue weighted by Crippen LogP contribution is -2.12. The Bertz CT molecular complexity index is 600. The molecule has 1 amide bonds. The Balaban J connectivity index is 2.13. The lowest BCUT2D eigenvalue weighted by Gasteiger charge is -2.06. The number of nitrogens with zero attached hydrogens (tertiary/aromatic N) is 1. The zero-order chi connectivity index (χ0) is 13.8. The van der Waals surface area contributed by atoms with Crippen LogP contribution < -0.4 is 5.32 Å². The van der Waals surface area contributed by atoms with E-state index >= 15 is 0 Å². The van der Waals surface area contributed by atoms with Gasteiger partial charge in [-0.1, -0.05) is 35.3 Å². The lowest BCUT2D eigenvalue weighted by atomic mass is 10.2. The molecule has 0 aliphatic heterocycles. The van der Waals surface area contributed by atoms with Crippen molar-refractivity contribution in [3.63, 3.8) is 0 Å². The van der Waals surface area contributed by atoms with E-state index in [1.165, 1.54) is 12.3 Å². The summed E-state index contributed by atoms with van der Waals surface area (Å²) in [7, 11) is 0. The molecule has 2 rings (SSSR count). The van der Waals surface area contributed by atoms with E-state index in [0.717, 1.165) is 5.56 Å². The first-order valence-corrected chi connectivity index (χ1v) is 6.18. The molecule has 0 unspecified atom stereocenters. The van der Waals surface area contributed by atoms with Crippen LogP contribution in [0, 0.1) is 0 Å². The highest BCUT2D eigenvalue weighted by Gasteiger charge is 2.09. The first-order valence-electron chi connectivity index (χ1n) is 5.42. The Kier molecular flexibility index (Phi) is 4.37. The highest BCUT2D eigenvalue weighted by Crippen LogP contribution is 2.20. The van der Waals surface area contributed by atoms with Crippen molar-refractivity contribution in [2.24, 2.45) is 0 Å². The molecule has 0 fully saturated rings. The summed E-state index contributed by atoms with van der Waals surface area (Å²) in [6.45, 7) is -0.0368. The molecule has 0 atom stereocenters. The third kappa shape index (κ3) is 3.44. The van der Waals surface area contributed by atoms with Crippen molar-refractivity contribution in [3.8, 4) is 0 Å². The Morgan fingerprint density at radius 2 is 1.95 bits per heavy atom. The largest absolute Gasteiger partial charge is 0.392 e. The molecule has 1 aromatic heterocycles. The molecule has 0 bridgehead atoms. The van der Waals surface area contributed by atoms with Crippen LogP contribution >= 0.6 is 23.2 Å². The van der Waals surface area contributed by atoms with Crippen molar-refractivity contribution in [1.29, 1.82) is 0 Å². The molecular formula is C13H10Cl2N2O2. The number of aliphatic hydroxyl groups is 1. The number of aliphatic hydroxyl groups excluding tert-OH is 1. The van der Waals surface area contributed by atoms with E-state index in [9.17, 15) is 4.79 Å². The maximum Gasteiger partial charge on any atom is 0.257 e. The number of amides is 1. The number of halogens is 2. The Labute approximate surface area is 120 Å². The summed E-state index contributed by atoms with van der Waals surface area (Å²) in [5, 5.41) is 12.0. The second kappa shape index (κ2) is 6.02. The molecule has 0 aliphatic rings. The molecule has 1 heterocycles. The van der Waals surface area contributed by atoms with Gasteiger partial charge in [-0.25, -0.2) is 4.98 Å². The minimum Gasteiger partial charge on any atom is -0.392 e. The van der Waals surface area contributed by atoms with Crippen LogP contribution in [0.25, 0.3) is 0 Å². The molecular weight excluding hydrogens is 287 g/mol. The number of nitrogens with one attached hydrogen (secondary N) is 1. The normalized spacial score (nSPS) is 10.3. The number of anilines is 1. The summed E-state index contributed by atoms with van der Waals surface area (Å²) in [6.07, 6.45) is 1.35. The van der Waals surface area contributed by atoms with Crippen molar-refractivity contribution in [2.45, 2.75) is 6.61 Å². The molecule has 0 saturated carbocycles. The number of aromatic nitrogens is 1. The van der Waals surface area contributed by atoms with E-state index in [-0.39, 0.29) is 22.7 Å². The Hall–Kier alpha value is -1.62. The van der Waals surface area contributed by atoms with Gasteiger partial charge in [-0.2, -0.15) is 0 Å². The Morgan fingerprint density at radius 3 is 2.53 bits per heavy atom. The predicted molar refractivity (Wildman–Crippen MR) is 74.6 cm³/mol. The standard InChI is InChI=1S/C13H10Cl2N2O2/c14-11-5-9(6-16-12(11)15)13(19)17-10-3-1-8(7-18)2-4-10/h1-6,18H,7H2,(H,17,19). The minimum atomic E-state index is -0.331. The van der Waals surface area contributed by atoms with Crippen LogP contribution in [0.3, 0.4) is 0 Å². The van der Waals surface area contributed by atoms with Crippen molar-refractivity contribution in [1.82, 2.24) is 4.98 Å². The number of carbonyl (C=O) groups is 1. The first kappa shape index (κ1) is 13.8. The zero-order valence-corrected chi connectivity index (χ0v) is 11.2. The maximum atomic E-state index is 11.9. The molecule has 0 saturated heterocycles. The van der Waals surface area contributed by atoms with E-state index in [1.807, 2.05) is 0 Å². The summed E-state index contributed by atoms with van der Waals surface area (Å²) in [5.41, 5.74) is 1.71. The molecule has 0 spiro atoms. The van der Waals surface area contributed by atoms with E-state index in [0.29, 0.717) is 11.3 Å². The number of benzene rings is 1. The molecule has 0 radical (unpaired) electrons. The van der Waals surface area contributed by atoms with Gasteiger partial charge < -0.3 is 10.4 Å². The molecule has 19 heavy (non-hydrogen) atoms. The van der Waals surface area contributed by atoms with E-state index in [1.54, 1.807) is 24.3 Å². The van der Waals surface area contributed by atoms with Crippen molar-refractivity contribution in [3.05, 3.63) is 57.8 Å². The van der Waals surface area contributed by atoms with Crippen LogP contribution in [0.15, 0.2) is 36.5 Å². The summed E-state index contributed by atoms with van der Waals surface area (Å²) >= 11 is 11.5. The fraction of sp³-hybridized carbons (Fsp3) is 0.0769. The van der Waals surface area contributed by atoms with Gasteiger partial charge in [0.1, 0.15) is 5.15 Å². The van der Waals surface area contributed by atoms with Crippen LogP contribution in [0.2, 0.25) is 10.2 Å². The van der Waals surface area contributed by atoms with Crippen LogP contribution in [0.5, 0.6) is 0 Å². The topological polar surface area (TPSA) is 62.2 Å². The predicted octanol–water partition coefficient (Wildman–Crippen LogP) is 3.13. The number of hydrogen-bond donors (Lipinski definition) is 2. The second-order valence-corrected chi connectivity index (χ2v) is 4.57. The minimum absolute atomic E-state index is 0.0368. The first-order chi connectivity index (χ1) is 9.10. The molecule has 4 nitrogen and oxygen atoms in total. The van der Waals surface area contributed by atoms with Gasteiger partial charge in [-0.15, -0.1) is 0 Å². The summed E-state index contributed by atoms with van der Waals surface area (Å²) in [5.74, 6) is -0.331. The molecule has 0 aliphatic carbocycles. The molecule has 2 aromatic rings. The third-order valence-electron chi connectivity index (χ3n) is 2.45. The van der Waals surface area contributed by atoms with Gasteiger partial charge in [-0.3, -0.25) is 4.79 Å².